The van der Waals surface area contributed by atoms with Crippen molar-refractivity contribution in [3.05, 3.63) is 59.7 Å². The highest BCUT2D eigenvalue weighted by molar-refractivity contribution is 5.95. The van der Waals surface area contributed by atoms with E-state index in [0.29, 0.717) is 56.3 Å². The van der Waals surface area contributed by atoms with E-state index in [-0.39, 0.29) is 29.7 Å². The second kappa shape index (κ2) is 16.2. The molecule has 220 valence electrons. The molecule has 0 spiro atoms. The second-order valence-corrected chi connectivity index (χ2v) is 10.7. The summed E-state index contributed by atoms with van der Waals surface area (Å²) in [5, 5.41) is 3.52. The molecule has 40 heavy (non-hydrogen) atoms. The normalized spacial score (nSPS) is 16.6. The molecule has 2 aromatic carbocycles. The number of methoxy groups -OCH3 is 2. The van der Waals surface area contributed by atoms with Gasteiger partial charge in [-0.1, -0.05) is 37.3 Å². The van der Waals surface area contributed by atoms with Gasteiger partial charge in [0, 0.05) is 70.9 Å². The quantitative estimate of drug-likeness (QED) is 0.313. The molecule has 2 amide bonds. The summed E-state index contributed by atoms with van der Waals surface area (Å²) in [6.45, 7) is 10.8. The van der Waals surface area contributed by atoms with Gasteiger partial charge >= 0.3 is 0 Å². The van der Waals surface area contributed by atoms with Crippen LogP contribution in [-0.2, 0) is 16.0 Å². The number of ether oxygens (including phenoxy) is 3. The minimum Gasteiger partial charge on any atom is -0.493 e. The summed E-state index contributed by atoms with van der Waals surface area (Å²) in [5.41, 5.74) is 1.81. The van der Waals surface area contributed by atoms with Crippen LogP contribution in [-0.4, -0.2) is 87.8 Å². The molecule has 1 aliphatic rings. The van der Waals surface area contributed by atoms with Gasteiger partial charge in [0.1, 0.15) is 0 Å². The summed E-state index contributed by atoms with van der Waals surface area (Å²) in [6.07, 6.45) is 2.07. The van der Waals surface area contributed by atoms with Crippen molar-refractivity contribution in [1.29, 1.82) is 0 Å². The van der Waals surface area contributed by atoms with Crippen molar-refractivity contribution < 1.29 is 23.8 Å². The lowest BCUT2D eigenvalue weighted by Gasteiger charge is -2.33. The molecule has 0 radical (unpaired) electrons. The molecule has 2 atom stereocenters. The van der Waals surface area contributed by atoms with Crippen LogP contribution < -0.4 is 14.8 Å². The van der Waals surface area contributed by atoms with E-state index in [1.807, 2.05) is 48.8 Å². The van der Waals surface area contributed by atoms with Crippen molar-refractivity contribution in [2.75, 3.05) is 60.2 Å². The predicted octanol–water partition coefficient (Wildman–Crippen LogP) is 4.28. The number of carbonyl (C=O) groups excluding carboxylic acids is 2. The minimum atomic E-state index is -0.0318. The molecule has 3 rings (SSSR count). The summed E-state index contributed by atoms with van der Waals surface area (Å²) in [4.78, 5) is 30.6. The van der Waals surface area contributed by atoms with Crippen molar-refractivity contribution in [1.82, 2.24) is 15.1 Å². The maximum Gasteiger partial charge on any atom is 0.254 e. The fourth-order valence-electron chi connectivity index (χ4n) is 5.20. The number of nitrogens with one attached hydrogen (secondary N) is 1. The van der Waals surface area contributed by atoms with Crippen molar-refractivity contribution in [2.45, 2.75) is 46.1 Å². The van der Waals surface area contributed by atoms with Crippen LogP contribution in [0, 0.1) is 11.8 Å². The van der Waals surface area contributed by atoms with E-state index in [1.165, 1.54) is 5.56 Å². The lowest BCUT2D eigenvalue weighted by Crippen LogP contribution is -2.44. The van der Waals surface area contributed by atoms with Crippen molar-refractivity contribution in [3.8, 4) is 11.5 Å². The molecular weight excluding hydrogens is 506 g/mol. The Hall–Kier alpha value is -3.10. The summed E-state index contributed by atoms with van der Waals surface area (Å²) in [6, 6.07) is 15.7. The van der Waals surface area contributed by atoms with Gasteiger partial charge in [-0.2, -0.15) is 0 Å². The smallest absolute Gasteiger partial charge is 0.254 e. The maximum absolute atomic E-state index is 13.8. The molecule has 1 fully saturated rings. The molecule has 1 saturated heterocycles. The van der Waals surface area contributed by atoms with E-state index in [1.54, 1.807) is 32.4 Å². The van der Waals surface area contributed by atoms with Crippen LogP contribution in [0.25, 0.3) is 0 Å². The van der Waals surface area contributed by atoms with Crippen molar-refractivity contribution in [3.63, 3.8) is 0 Å². The maximum atomic E-state index is 13.8. The van der Waals surface area contributed by atoms with Gasteiger partial charge in [-0.15, -0.1) is 0 Å². The lowest BCUT2D eigenvalue weighted by atomic mass is 9.93. The van der Waals surface area contributed by atoms with Gasteiger partial charge in [-0.25, -0.2) is 0 Å². The third kappa shape index (κ3) is 8.96. The average Bonchev–Trinajstić information content (AvgIpc) is 3.42. The third-order valence-corrected chi connectivity index (χ3v) is 7.58. The molecule has 1 unspecified atom stereocenters. The Labute approximate surface area is 240 Å². The number of hydrogen-bond acceptors (Lipinski definition) is 6. The lowest BCUT2D eigenvalue weighted by molar-refractivity contribution is -0.131. The van der Waals surface area contributed by atoms with E-state index in [4.69, 9.17) is 14.2 Å². The number of nitrogens with zero attached hydrogens (tertiary/aromatic N) is 2. The van der Waals surface area contributed by atoms with Crippen LogP contribution in [0.2, 0.25) is 0 Å². The van der Waals surface area contributed by atoms with E-state index in [2.05, 4.69) is 17.4 Å². The summed E-state index contributed by atoms with van der Waals surface area (Å²) in [7, 11) is 3.26. The molecule has 2 aromatic rings. The first kappa shape index (κ1) is 31.4. The zero-order valence-electron chi connectivity index (χ0n) is 24.9. The SMILES string of the molecule is CCC(=O)N(CCc1ccccc1)C[C@@H]1CNCC1CN(C(=O)c1ccc(OC)c(OCCCOC)c1)C(C)C. The fraction of sp³-hybridized carbons (Fsp3) is 0.562. The Morgan fingerprint density at radius 3 is 2.35 bits per heavy atom. The summed E-state index contributed by atoms with van der Waals surface area (Å²) in [5.74, 6) is 1.82. The number of carbonyl (C=O) groups is 2. The Bertz CT molecular complexity index is 1060. The largest absolute Gasteiger partial charge is 0.493 e. The van der Waals surface area contributed by atoms with Crippen LogP contribution in [0.15, 0.2) is 48.5 Å². The summed E-state index contributed by atoms with van der Waals surface area (Å²) < 4.78 is 16.5. The van der Waals surface area contributed by atoms with Gasteiger partial charge in [0.2, 0.25) is 5.91 Å². The number of hydrogen-bond donors (Lipinski definition) is 1. The van der Waals surface area contributed by atoms with Gasteiger partial charge < -0.3 is 29.3 Å². The van der Waals surface area contributed by atoms with E-state index in [9.17, 15) is 9.59 Å². The average molecular weight is 554 g/mol. The number of rotatable bonds is 16. The van der Waals surface area contributed by atoms with Crippen LogP contribution in [0.4, 0.5) is 0 Å². The van der Waals surface area contributed by atoms with Gasteiger partial charge in [0.05, 0.1) is 13.7 Å². The Morgan fingerprint density at radius 1 is 0.975 bits per heavy atom. The molecule has 1 N–H and O–H groups in total. The first-order valence-corrected chi connectivity index (χ1v) is 14.5. The van der Waals surface area contributed by atoms with E-state index in [0.717, 1.165) is 25.9 Å². The van der Waals surface area contributed by atoms with Gasteiger partial charge in [-0.05, 0) is 55.9 Å². The Kier molecular flexibility index (Phi) is 12.8. The molecule has 0 bridgehead atoms. The first-order valence-electron chi connectivity index (χ1n) is 14.5. The number of benzene rings is 2. The molecule has 8 nitrogen and oxygen atoms in total. The van der Waals surface area contributed by atoms with Gasteiger partial charge in [0.25, 0.3) is 5.91 Å². The molecule has 0 aromatic heterocycles. The molecule has 1 heterocycles. The van der Waals surface area contributed by atoms with E-state index >= 15 is 0 Å². The first-order chi connectivity index (χ1) is 19.4. The highest BCUT2D eigenvalue weighted by atomic mass is 16.5. The fourth-order valence-corrected chi connectivity index (χ4v) is 5.20. The van der Waals surface area contributed by atoms with Crippen LogP contribution in [0.1, 0.15) is 49.5 Å². The highest BCUT2D eigenvalue weighted by Gasteiger charge is 2.33. The standard InChI is InChI=1S/C32H47N3O5/c1-6-31(36)34(16-15-25-11-8-7-9-12-25)22-27-20-33-21-28(27)23-35(24(2)3)32(37)26-13-14-29(39-5)30(19-26)40-18-10-17-38-4/h7-9,11-14,19,24,27-28,33H,6,10,15-18,20-23H2,1-5H3/t27-,28?/m0/s1. The van der Waals surface area contributed by atoms with Crippen molar-refractivity contribution >= 4 is 11.8 Å². The molecule has 8 heteroatoms. The molecule has 0 saturated carbocycles. The molecule has 1 aliphatic heterocycles. The second-order valence-electron chi connectivity index (χ2n) is 10.7. The van der Waals surface area contributed by atoms with Crippen molar-refractivity contribution in [2.24, 2.45) is 11.8 Å². The third-order valence-electron chi connectivity index (χ3n) is 7.58. The monoisotopic (exact) mass is 553 g/mol. The van der Waals surface area contributed by atoms with Gasteiger partial charge in [-0.3, -0.25) is 9.59 Å². The highest BCUT2D eigenvalue weighted by Crippen LogP contribution is 2.30. The molecule has 0 aliphatic carbocycles. The van der Waals surface area contributed by atoms with Gasteiger partial charge in [0.15, 0.2) is 11.5 Å². The van der Waals surface area contributed by atoms with E-state index < -0.39 is 0 Å². The number of amides is 2. The molecular formula is C32H47N3O5. The van der Waals surface area contributed by atoms with Crippen LogP contribution >= 0.6 is 0 Å². The Morgan fingerprint density at radius 2 is 1.70 bits per heavy atom. The summed E-state index contributed by atoms with van der Waals surface area (Å²) >= 11 is 0. The Balaban J connectivity index is 1.70. The zero-order chi connectivity index (χ0) is 28.9. The predicted molar refractivity (Wildman–Crippen MR) is 158 cm³/mol. The minimum absolute atomic E-state index is 0.0216. The topological polar surface area (TPSA) is 80.3 Å². The van der Waals surface area contributed by atoms with Crippen LogP contribution in [0.5, 0.6) is 11.5 Å². The van der Waals surface area contributed by atoms with Crippen LogP contribution in [0.3, 0.4) is 0 Å². The zero-order valence-corrected chi connectivity index (χ0v) is 24.9.